The summed E-state index contributed by atoms with van der Waals surface area (Å²) in [5, 5.41) is 12.1. The summed E-state index contributed by atoms with van der Waals surface area (Å²) < 4.78 is 10.4. The molecule has 6 nitrogen and oxygen atoms in total. The van der Waals surface area contributed by atoms with Crippen LogP contribution in [0.15, 0.2) is 24.3 Å². The lowest BCUT2D eigenvalue weighted by Crippen LogP contribution is -2.73. The summed E-state index contributed by atoms with van der Waals surface area (Å²) in [6.07, 6.45) is 1.61. The van der Waals surface area contributed by atoms with Crippen LogP contribution in [-0.4, -0.2) is 35.9 Å². The molecule has 0 aromatic heterocycles. The average molecular weight is 347 g/mol. The second-order valence-corrected chi connectivity index (χ2v) is 8.32. The second-order valence-electron chi connectivity index (χ2n) is 8.32. The van der Waals surface area contributed by atoms with E-state index in [0.29, 0.717) is 0 Å². The van der Waals surface area contributed by atoms with Gasteiger partial charge in [0, 0.05) is 5.41 Å². The Hall–Kier alpha value is -2.24. The SMILES string of the molecule is COc1ccc(C23CC(C(NC(=O)OC(C)(C)C)C(=O)O)(C2)C3)cc1. The zero-order valence-electron chi connectivity index (χ0n) is 15.1. The van der Waals surface area contributed by atoms with Crippen molar-refractivity contribution < 1.29 is 24.2 Å². The van der Waals surface area contributed by atoms with E-state index in [2.05, 4.69) is 5.32 Å². The van der Waals surface area contributed by atoms with Gasteiger partial charge in [-0.25, -0.2) is 9.59 Å². The number of carbonyl (C=O) groups excluding carboxylic acids is 1. The summed E-state index contributed by atoms with van der Waals surface area (Å²) in [6, 6.07) is 7.02. The van der Waals surface area contributed by atoms with Crippen molar-refractivity contribution in [1.82, 2.24) is 5.32 Å². The molecule has 3 aliphatic rings. The molecule has 25 heavy (non-hydrogen) atoms. The molecule has 3 saturated carbocycles. The Morgan fingerprint density at radius 1 is 1.16 bits per heavy atom. The summed E-state index contributed by atoms with van der Waals surface area (Å²) in [4.78, 5) is 23.7. The van der Waals surface area contributed by atoms with Crippen LogP contribution in [0.4, 0.5) is 4.79 Å². The fourth-order valence-corrected chi connectivity index (χ4v) is 4.33. The normalized spacial score (nSPS) is 28.2. The minimum Gasteiger partial charge on any atom is -0.497 e. The van der Waals surface area contributed by atoms with E-state index in [9.17, 15) is 14.7 Å². The molecule has 136 valence electrons. The Morgan fingerprint density at radius 3 is 2.16 bits per heavy atom. The topological polar surface area (TPSA) is 84.9 Å². The first-order valence-corrected chi connectivity index (χ1v) is 8.46. The van der Waals surface area contributed by atoms with E-state index in [1.165, 1.54) is 5.56 Å². The molecule has 0 heterocycles. The molecule has 0 radical (unpaired) electrons. The maximum absolute atomic E-state index is 12.0. The van der Waals surface area contributed by atoms with Crippen molar-refractivity contribution in [1.29, 1.82) is 0 Å². The summed E-state index contributed by atoms with van der Waals surface area (Å²) >= 11 is 0. The van der Waals surface area contributed by atoms with Gasteiger partial charge in [-0.15, -0.1) is 0 Å². The van der Waals surface area contributed by atoms with Crippen molar-refractivity contribution in [2.24, 2.45) is 5.41 Å². The average Bonchev–Trinajstić information content (AvgIpc) is 2.42. The molecule has 0 aliphatic heterocycles. The molecule has 1 aromatic rings. The standard InChI is InChI=1S/C19H25NO5/c1-17(2,3)25-16(23)20-14(15(21)22)19-9-18(10-19,11-19)12-5-7-13(24-4)8-6-12/h5-8,14H,9-11H2,1-4H3,(H,20,23)(H,21,22). The van der Waals surface area contributed by atoms with Gasteiger partial charge < -0.3 is 19.9 Å². The van der Waals surface area contributed by atoms with Crippen LogP contribution in [0.5, 0.6) is 5.75 Å². The Balaban J connectivity index is 1.66. The van der Waals surface area contributed by atoms with Gasteiger partial charge in [0.05, 0.1) is 7.11 Å². The summed E-state index contributed by atoms with van der Waals surface area (Å²) in [7, 11) is 1.63. The molecule has 3 fully saturated rings. The molecule has 0 saturated heterocycles. The lowest BCUT2D eigenvalue weighted by molar-refractivity contribution is -0.183. The van der Waals surface area contributed by atoms with E-state index in [1.807, 2.05) is 24.3 Å². The van der Waals surface area contributed by atoms with E-state index >= 15 is 0 Å². The first-order chi connectivity index (χ1) is 11.6. The van der Waals surface area contributed by atoms with Crippen LogP contribution in [0.1, 0.15) is 45.6 Å². The number of benzene rings is 1. The van der Waals surface area contributed by atoms with E-state index < -0.39 is 23.7 Å². The highest BCUT2D eigenvalue weighted by molar-refractivity contribution is 5.82. The van der Waals surface area contributed by atoms with Gasteiger partial charge in [-0.3, -0.25) is 0 Å². The summed E-state index contributed by atoms with van der Waals surface area (Å²) in [6.45, 7) is 5.26. The van der Waals surface area contributed by atoms with Crippen LogP contribution < -0.4 is 10.1 Å². The van der Waals surface area contributed by atoms with Gasteiger partial charge in [-0.2, -0.15) is 0 Å². The second kappa shape index (κ2) is 5.64. The number of hydrogen-bond donors (Lipinski definition) is 2. The first-order valence-electron chi connectivity index (χ1n) is 8.46. The number of hydrogen-bond acceptors (Lipinski definition) is 4. The molecule has 4 rings (SSSR count). The smallest absolute Gasteiger partial charge is 0.408 e. The highest BCUT2D eigenvalue weighted by Crippen LogP contribution is 2.75. The Morgan fingerprint density at radius 2 is 1.72 bits per heavy atom. The molecule has 1 amide bonds. The number of carboxylic acid groups (broad SMARTS) is 1. The van der Waals surface area contributed by atoms with Gasteiger partial charge in [0.15, 0.2) is 0 Å². The van der Waals surface area contributed by atoms with Crippen molar-refractivity contribution >= 4 is 12.1 Å². The Kier molecular flexibility index (Phi) is 3.97. The van der Waals surface area contributed by atoms with Crippen molar-refractivity contribution in [3.63, 3.8) is 0 Å². The van der Waals surface area contributed by atoms with Gasteiger partial charge in [-0.05, 0) is 63.1 Å². The monoisotopic (exact) mass is 347 g/mol. The van der Waals surface area contributed by atoms with Crippen molar-refractivity contribution in [2.75, 3.05) is 7.11 Å². The quantitative estimate of drug-likeness (QED) is 0.855. The van der Waals surface area contributed by atoms with Gasteiger partial charge in [0.25, 0.3) is 0 Å². The lowest BCUT2D eigenvalue weighted by Gasteiger charge is -2.72. The van der Waals surface area contributed by atoms with Crippen LogP contribution in [0.25, 0.3) is 0 Å². The number of aliphatic carboxylic acids is 1. The number of carboxylic acids is 1. The van der Waals surface area contributed by atoms with Crippen LogP contribution in [0.3, 0.4) is 0 Å². The molecular formula is C19H25NO5. The lowest BCUT2D eigenvalue weighted by atomic mass is 9.31. The number of amides is 1. The largest absolute Gasteiger partial charge is 0.497 e. The molecule has 2 bridgehead atoms. The molecule has 3 aliphatic carbocycles. The van der Waals surface area contributed by atoms with Crippen LogP contribution in [-0.2, 0) is 14.9 Å². The highest BCUT2D eigenvalue weighted by Gasteiger charge is 2.72. The molecule has 2 N–H and O–H groups in total. The molecule has 1 unspecified atom stereocenters. The van der Waals surface area contributed by atoms with E-state index in [-0.39, 0.29) is 10.8 Å². The zero-order valence-corrected chi connectivity index (χ0v) is 15.1. The molecule has 1 atom stereocenters. The number of methoxy groups -OCH3 is 1. The van der Waals surface area contributed by atoms with Crippen molar-refractivity contribution in [3.8, 4) is 5.75 Å². The fraction of sp³-hybridized carbons (Fsp3) is 0.579. The highest BCUT2D eigenvalue weighted by atomic mass is 16.6. The van der Waals surface area contributed by atoms with E-state index in [1.54, 1.807) is 27.9 Å². The number of alkyl carbamates (subject to hydrolysis) is 1. The molecule has 6 heteroatoms. The van der Waals surface area contributed by atoms with Gasteiger partial charge in [0.1, 0.15) is 17.4 Å². The van der Waals surface area contributed by atoms with Gasteiger partial charge >= 0.3 is 12.1 Å². The van der Waals surface area contributed by atoms with Crippen LogP contribution in [0.2, 0.25) is 0 Å². The third-order valence-corrected chi connectivity index (χ3v) is 5.29. The molecule has 1 aromatic carbocycles. The minimum absolute atomic E-state index is 0.0373. The molecular weight excluding hydrogens is 322 g/mol. The van der Waals surface area contributed by atoms with E-state index in [4.69, 9.17) is 9.47 Å². The van der Waals surface area contributed by atoms with Crippen molar-refractivity contribution in [3.05, 3.63) is 29.8 Å². The zero-order chi connectivity index (χ0) is 18.5. The Bertz CT molecular complexity index is 669. The van der Waals surface area contributed by atoms with Gasteiger partial charge in [0.2, 0.25) is 0 Å². The summed E-state index contributed by atoms with van der Waals surface area (Å²) in [5.41, 5.74) is 0.214. The maximum atomic E-state index is 12.0. The number of carbonyl (C=O) groups is 2. The first kappa shape index (κ1) is 17.6. The number of nitrogens with one attached hydrogen (secondary N) is 1. The predicted octanol–water partition coefficient (Wildman–Crippen LogP) is 3.09. The summed E-state index contributed by atoms with van der Waals surface area (Å²) in [5.74, 6) is -0.200. The minimum atomic E-state index is -1.01. The van der Waals surface area contributed by atoms with Gasteiger partial charge in [-0.1, -0.05) is 12.1 Å². The maximum Gasteiger partial charge on any atom is 0.408 e. The number of rotatable bonds is 5. The fourth-order valence-electron chi connectivity index (χ4n) is 4.33. The molecule has 0 spiro atoms. The number of ether oxygens (including phenoxy) is 2. The van der Waals surface area contributed by atoms with Crippen LogP contribution >= 0.6 is 0 Å². The van der Waals surface area contributed by atoms with Crippen LogP contribution in [0, 0.1) is 5.41 Å². The van der Waals surface area contributed by atoms with Crippen molar-refractivity contribution in [2.45, 2.75) is 57.1 Å². The Labute approximate surface area is 147 Å². The third kappa shape index (κ3) is 3.05. The third-order valence-electron chi connectivity index (χ3n) is 5.29. The predicted molar refractivity (Wildman–Crippen MR) is 91.7 cm³/mol. The van der Waals surface area contributed by atoms with E-state index in [0.717, 1.165) is 25.0 Å².